The molecule has 2 unspecified atom stereocenters. The molecule has 0 saturated carbocycles. The molecule has 0 bridgehead atoms. The summed E-state index contributed by atoms with van der Waals surface area (Å²) in [5, 5.41) is 12.4. The molecular weight excluding hydrogens is 437 g/mol. The minimum Gasteiger partial charge on any atom is -0.479 e. The second kappa shape index (κ2) is 7.50. The summed E-state index contributed by atoms with van der Waals surface area (Å²) >= 11 is 11.7. The van der Waals surface area contributed by atoms with Crippen LogP contribution in [0.2, 0.25) is 10.0 Å². The quantitative estimate of drug-likeness (QED) is 0.584. The topological polar surface area (TPSA) is 58.9 Å². The third-order valence-electron chi connectivity index (χ3n) is 4.61. The Balaban J connectivity index is 1.99. The van der Waals surface area contributed by atoms with E-state index in [1.54, 1.807) is 0 Å². The van der Waals surface area contributed by atoms with Gasteiger partial charge >= 0.3 is 12.1 Å². The summed E-state index contributed by atoms with van der Waals surface area (Å²) in [6.45, 7) is 1.46. The first kappa shape index (κ1) is 21.4. The Hall–Kier alpha value is -2.32. The van der Waals surface area contributed by atoms with Gasteiger partial charge in [-0.3, -0.25) is 0 Å². The van der Waals surface area contributed by atoms with Gasteiger partial charge in [-0.25, -0.2) is 9.18 Å². The predicted octanol–water partition coefficient (Wildman–Crippen LogP) is 5.98. The number of benzene rings is 2. The molecular formula is C19H13Cl2F4NO3. The van der Waals surface area contributed by atoms with Crippen LogP contribution in [0.5, 0.6) is 0 Å². The number of alkyl halides is 4. The molecule has 0 radical (unpaired) electrons. The maximum atomic E-state index is 14.0. The number of aryl methyl sites for hydroxylation is 1. The lowest BCUT2D eigenvalue weighted by Gasteiger charge is -2.29. The number of oxime groups is 1. The second-order valence-corrected chi connectivity index (χ2v) is 7.43. The Morgan fingerprint density at radius 3 is 2.34 bits per heavy atom. The van der Waals surface area contributed by atoms with Crippen LogP contribution in [0, 0.1) is 6.92 Å². The molecule has 0 fully saturated rings. The van der Waals surface area contributed by atoms with Crippen LogP contribution in [0.15, 0.2) is 41.6 Å². The number of carboxylic acid groups (broad SMARTS) is 1. The fourth-order valence-electron chi connectivity index (χ4n) is 3.12. The van der Waals surface area contributed by atoms with Gasteiger partial charge in [0.05, 0.1) is 5.71 Å². The molecule has 0 spiro atoms. The maximum absolute atomic E-state index is 14.0. The number of halogens is 6. The molecule has 2 aromatic rings. The molecule has 0 saturated heterocycles. The van der Waals surface area contributed by atoms with Crippen LogP contribution in [0.3, 0.4) is 0 Å². The lowest BCUT2D eigenvalue weighted by atomic mass is 9.86. The molecule has 2 aromatic carbocycles. The maximum Gasteiger partial charge on any atom is 0.435 e. The first-order valence-corrected chi connectivity index (χ1v) is 8.96. The number of hydrogen-bond donors (Lipinski definition) is 1. The third-order valence-corrected chi connectivity index (χ3v) is 5.04. The van der Waals surface area contributed by atoms with E-state index in [-0.39, 0.29) is 38.0 Å². The van der Waals surface area contributed by atoms with Gasteiger partial charge in [-0.2, -0.15) is 13.2 Å². The minimum atomic E-state index is -4.84. The molecule has 0 amide bonds. The molecule has 0 aromatic heterocycles. The first-order chi connectivity index (χ1) is 13.4. The van der Waals surface area contributed by atoms with Gasteiger partial charge in [-0.1, -0.05) is 40.5 Å². The van der Waals surface area contributed by atoms with Gasteiger partial charge < -0.3 is 9.94 Å². The van der Waals surface area contributed by atoms with E-state index >= 15 is 0 Å². The molecule has 0 aliphatic carbocycles. The number of carboxylic acids is 1. The van der Waals surface area contributed by atoms with E-state index in [0.29, 0.717) is 0 Å². The number of rotatable bonds is 4. The van der Waals surface area contributed by atoms with Gasteiger partial charge in [0.1, 0.15) is 0 Å². The van der Waals surface area contributed by atoms with E-state index in [1.165, 1.54) is 31.2 Å². The summed E-state index contributed by atoms with van der Waals surface area (Å²) in [6.07, 6.45) is -7.74. The van der Waals surface area contributed by atoms with Crippen molar-refractivity contribution in [3.8, 4) is 0 Å². The van der Waals surface area contributed by atoms with Crippen LogP contribution in [-0.2, 0) is 15.2 Å². The van der Waals surface area contributed by atoms with Gasteiger partial charge in [-0.05, 0) is 42.3 Å². The largest absolute Gasteiger partial charge is 0.479 e. The Bertz CT molecular complexity index is 989. The van der Waals surface area contributed by atoms with Gasteiger partial charge in [0.25, 0.3) is 5.60 Å². The van der Waals surface area contributed by atoms with Crippen molar-refractivity contribution in [2.24, 2.45) is 5.16 Å². The van der Waals surface area contributed by atoms with Crippen molar-refractivity contribution in [2.45, 2.75) is 31.3 Å². The summed E-state index contributed by atoms with van der Waals surface area (Å²) in [5.74, 6) is -1.66. The zero-order valence-corrected chi connectivity index (χ0v) is 16.2. The van der Waals surface area contributed by atoms with Gasteiger partial charge in [0.2, 0.25) is 6.17 Å². The predicted molar refractivity (Wildman–Crippen MR) is 99.1 cm³/mol. The van der Waals surface area contributed by atoms with E-state index in [1.807, 2.05) is 0 Å². The summed E-state index contributed by atoms with van der Waals surface area (Å²) in [4.78, 5) is 15.7. The Morgan fingerprint density at radius 1 is 1.21 bits per heavy atom. The molecule has 1 aliphatic heterocycles. The Kier molecular flexibility index (Phi) is 5.53. The number of hydrogen-bond acceptors (Lipinski definition) is 3. The lowest BCUT2D eigenvalue weighted by molar-refractivity contribution is -0.275. The smallest absolute Gasteiger partial charge is 0.435 e. The van der Waals surface area contributed by atoms with Crippen molar-refractivity contribution in [1.29, 1.82) is 0 Å². The van der Waals surface area contributed by atoms with E-state index in [2.05, 4.69) is 5.16 Å². The standard InChI is InChI=1S/C19H13Cl2F4NO3/c1-9-4-10(2-3-14(9)16(22)17(27)28)15-8-18(29-26-15,19(23,24)25)11-5-12(20)7-13(21)6-11/h2-7,16H,8H2,1H3,(H,27,28). The molecule has 1 N–H and O–H groups in total. The monoisotopic (exact) mass is 449 g/mol. The van der Waals surface area contributed by atoms with Gasteiger partial charge in [0.15, 0.2) is 0 Å². The molecule has 1 aliphatic rings. The molecule has 1 heterocycles. The van der Waals surface area contributed by atoms with Crippen LogP contribution in [0.1, 0.15) is 34.8 Å². The molecule has 2 atom stereocenters. The van der Waals surface area contributed by atoms with Gasteiger partial charge in [0, 0.05) is 27.6 Å². The van der Waals surface area contributed by atoms with Crippen molar-refractivity contribution in [2.75, 3.05) is 0 Å². The van der Waals surface area contributed by atoms with Gasteiger partial charge in [-0.15, -0.1) is 0 Å². The first-order valence-electron chi connectivity index (χ1n) is 8.21. The SMILES string of the molecule is Cc1cc(C2=NOC(c3cc(Cl)cc(Cl)c3)(C(F)(F)F)C2)ccc1C(F)C(=O)O. The van der Waals surface area contributed by atoms with Crippen LogP contribution >= 0.6 is 23.2 Å². The van der Waals surface area contributed by atoms with E-state index in [9.17, 15) is 22.4 Å². The van der Waals surface area contributed by atoms with Crippen molar-refractivity contribution in [1.82, 2.24) is 0 Å². The van der Waals surface area contributed by atoms with Crippen molar-refractivity contribution in [3.05, 3.63) is 68.7 Å². The zero-order valence-electron chi connectivity index (χ0n) is 14.7. The molecule has 29 heavy (non-hydrogen) atoms. The average Bonchev–Trinajstić information content (AvgIpc) is 3.07. The molecule has 4 nitrogen and oxygen atoms in total. The second-order valence-electron chi connectivity index (χ2n) is 6.56. The zero-order chi connectivity index (χ0) is 21.6. The Labute approximate surface area is 172 Å². The summed E-state index contributed by atoms with van der Waals surface area (Å²) < 4.78 is 55.8. The molecule has 154 valence electrons. The lowest BCUT2D eigenvalue weighted by Crippen LogP contribution is -2.42. The number of aliphatic carboxylic acids is 1. The summed E-state index contributed by atoms with van der Waals surface area (Å²) in [6, 6.07) is 7.38. The normalized spacial score (nSPS) is 20.2. The number of carbonyl (C=O) groups is 1. The highest BCUT2D eigenvalue weighted by Crippen LogP contribution is 2.49. The highest BCUT2D eigenvalue weighted by Gasteiger charge is 2.62. The van der Waals surface area contributed by atoms with Crippen molar-refractivity contribution < 1.29 is 32.3 Å². The fraction of sp³-hybridized carbons (Fsp3) is 0.263. The van der Waals surface area contributed by atoms with E-state index < -0.39 is 30.3 Å². The number of nitrogens with zero attached hydrogens (tertiary/aromatic N) is 1. The van der Waals surface area contributed by atoms with E-state index in [0.717, 1.165) is 12.1 Å². The van der Waals surface area contributed by atoms with Crippen LogP contribution in [-0.4, -0.2) is 23.0 Å². The molecule has 3 rings (SSSR count). The molecule has 10 heteroatoms. The minimum absolute atomic E-state index is 0.0102. The average molecular weight is 450 g/mol. The van der Waals surface area contributed by atoms with Crippen molar-refractivity contribution >= 4 is 34.9 Å². The Morgan fingerprint density at radius 2 is 1.83 bits per heavy atom. The summed E-state index contributed by atoms with van der Waals surface area (Å²) in [7, 11) is 0. The highest BCUT2D eigenvalue weighted by atomic mass is 35.5. The van der Waals surface area contributed by atoms with Crippen LogP contribution < -0.4 is 0 Å². The van der Waals surface area contributed by atoms with E-state index in [4.69, 9.17) is 33.1 Å². The van der Waals surface area contributed by atoms with Crippen LogP contribution in [0.4, 0.5) is 17.6 Å². The third kappa shape index (κ3) is 3.91. The highest BCUT2D eigenvalue weighted by molar-refractivity contribution is 6.34. The summed E-state index contributed by atoms with van der Waals surface area (Å²) in [5.41, 5.74) is -2.70. The van der Waals surface area contributed by atoms with Crippen molar-refractivity contribution in [3.63, 3.8) is 0 Å². The van der Waals surface area contributed by atoms with Crippen LogP contribution in [0.25, 0.3) is 0 Å². The fourth-order valence-corrected chi connectivity index (χ4v) is 3.64.